The van der Waals surface area contributed by atoms with Gasteiger partial charge in [-0.3, -0.25) is 0 Å². The van der Waals surface area contributed by atoms with Crippen LogP contribution >= 0.6 is 0 Å². The second-order valence-corrected chi connectivity index (χ2v) is 8.94. The Bertz CT molecular complexity index is 638. The van der Waals surface area contributed by atoms with Gasteiger partial charge in [0, 0.05) is 0 Å². The highest BCUT2D eigenvalue weighted by atomic mass is 16.7. The van der Waals surface area contributed by atoms with Crippen LogP contribution < -0.4 is 0 Å². The molecule has 2 rings (SSSR count). The summed E-state index contributed by atoms with van der Waals surface area (Å²) < 4.78 is 22.6. The molecule has 11 unspecified atom stereocenters. The topological polar surface area (TPSA) is 158 Å². The van der Waals surface area contributed by atoms with Gasteiger partial charge in [-0.15, -0.1) is 6.58 Å². The molecule has 0 amide bonds. The van der Waals surface area contributed by atoms with Gasteiger partial charge in [-0.2, -0.15) is 0 Å². The fourth-order valence-electron chi connectivity index (χ4n) is 3.71. The van der Waals surface area contributed by atoms with Crippen LogP contribution in [-0.4, -0.2) is 104 Å². The van der Waals surface area contributed by atoms with E-state index in [2.05, 4.69) is 6.58 Å². The Labute approximate surface area is 188 Å². The van der Waals surface area contributed by atoms with Crippen molar-refractivity contribution < 1.29 is 49.6 Å². The predicted molar refractivity (Wildman–Crippen MR) is 113 cm³/mol. The maximum atomic E-state index is 10.9. The molecule has 32 heavy (non-hydrogen) atoms. The molecule has 2 aliphatic rings. The minimum Gasteiger partial charge on any atom is -0.394 e. The van der Waals surface area contributed by atoms with E-state index in [9.17, 15) is 30.6 Å². The van der Waals surface area contributed by atoms with Crippen LogP contribution in [0.2, 0.25) is 0 Å². The molecule has 2 heterocycles. The van der Waals surface area contributed by atoms with Crippen molar-refractivity contribution in [1.29, 1.82) is 0 Å². The monoisotopic (exact) mass is 462 g/mol. The molecular weight excluding hydrogens is 424 g/mol. The summed E-state index contributed by atoms with van der Waals surface area (Å²) in [5, 5.41) is 61.2. The molecule has 0 aromatic carbocycles. The Balaban J connectivity index is 2.17. The van der Waals surface area contributed by atoms with Crippen molar-refractivity contribution in [2.75, 3.05) is 6.61 Å². The maximum absolute atomic E-state index is 10.9. The molecule has 2 aliphatic heterocycles. The summed E-state index contributed by atoms with van der Waals surface area (Å²) in [4.78, 5) is 0. The first kappa shape index (κ1) is 27.3. The molecule has 0 saturated carbocycles. The molecule has 0 spiro atoms. The standard InChI is InChI=1S/C22H38O10/c1-6-22(5,9-7-8-11(2)3)32-21-18(28)19(15(25)13(10-23)30-21)31-20-17(27)16(26)14(24)12(4)29-20/h6,8,12-21,23-28H,1,7,9-10H2,2-5H3. The van der Waals surface area contributed by atoms with E-state index in [1.54, 1.807) is 13.0 Å². The maximum Gasteiger partial charge on any atom is 0.187 e. The zero-order chi connectivity index (χ0) is 24.2. The minimum atomic E-state index is -1.63. The summed E-state index contributed by atoms with van der Waals surface area (Å²) in [5.74, 6) is 0. The van der Waals surface area contributed by atoms with E-state index >= 15 is 0 Å². The Morgan fingerprint density at radius 2 is 1.62 bits per heavy atom. The normalized spacial score (nSPS) is 42.2. The van der Waals surface area contributed by atoms with Crippen molar-refractivity contribution in [3.05, 3.63) is 24.3 Å². The third-order valence-electron chi connectivity index (χ3n) is 5.93. The van der Waals surface area contributed by atoms with Crippen LogP contribution in [0.5, 0.6) is 0 Å². The molecule has 0 aliphatic carbocycles. The van der Waals surface area contributed by atoms with Crippen LogP contribution in [-0.2, 0) is 18.9 Å². The fraction of sp³-hybridized carbons (Fsp3) is 0.818. The van der Waals surface area contributed by atoms with E-state index in [-0.39, 0.29) is 0 Å². The Morgan fingerprint density at radius 1 is 0.969 bits per heavy atom. The van der Waals surface area contributed by atoms with Crippen molar-refractivity contribution in [2.45, 2.75) is 108 Å². The first-order valence-corrected chi connectivity index (χ1v) is 10.9. The van der Waals surface area contributed by atoms with E-state index in [1.807, 2.05) is 19.9 Å². The van der Waals surface area contributed by atoms with Crippen LogP contribution in [0.3, 0.4) is 0 Å². The number of rotatable bonds is 9. The van der Waals surface area contributed by atoms with Gasteiger partial charge in [0.05, 0.1) is 18.3 Å². The highest BCUT2D eigenvalue weighted by Crippen LogP contribution is 2.32. The van der Waals surface area contributed by atoms with Gasteiger partial charge in [0.1, 0.15) is 42.7 Å². The second-order valence-electron chi connectivity index (χ2n) is 8.94. The molecule has 0 radical (unpaired) electrons. The summed E-state index contributed by atoms with van der Waals surface area (Å²) in [6, 6.07) is 0. The number of ether oxygens (including phenoxy) is 4. The fourth-order valence-corrected chi connectivity index (χ4v) is 3.71. The van der Waals surface area contributed by atoms with Gasteiger partial charge in [-0.05, 0) is 40.5 Å². The lowest BCUT2D eigenvalue weighted by Crippen LogP contribution is -2.64. The average Bonchev–Trinajstić information content (AvgIpc) is 2.74. The Hall–Kier alpha value is -0.920. The van der Waals surface area contributed by atoms with Gasteiger partial charge in [0.25, 0.3) is 0 Å². The third-order valence-corrected chi connectivity index (χ3v) is 5.93. The molecule has 10 heteroatoms. The third kappa shape index (κ3) is 6.35. The van der Waals surface area contributed by atoms with Gasteiger partial charge in [-0.25, -0.2) is 0 Å². The van der Waals surface area contributed by atoms with Gasteiger partial charge in [0.15, 0.2) is 12.6 Å². The molecule has 0 aromatic rings. The lowest BCUT2D eigenvalue weighted by atomic mass is 9.96. The van der Waals surface area contributed by atoms with E-state index in [0.29, 0.717) is 12.8 Å². The van der Waals surface area contributed by atoms with Crippen LogP contribution in [0.1, 0.15) is 40.5 Å². The van der Waals surface area contributed by atoms with Crippen molar-refractivity contribution in [2.24, 2.45) is 0 Å². The average molecular weight is 463 g/mol. The molecule has 2 saturated heterocycles. The van der Waals surface area contributed by atoms with Crippen molar-refractivity contribution in [1.82, 2.24) is 0 Å². The zero-order valence-corrected chi connectivity index (χ0v) is 19.1. The van der Waals surface area contributed by atoms with Crippen molar-refractivity contribution in [3.8, 4) is 0 Å². The van der Waals surface area contributed by atoms with E-state index < -0.39 is 73.6 Å². The smallest absolute Gasteiger partial charge is 0.187 e. The summed E-state index contributed by atoms with van der Waals surface area (Å²) in [7, 11) is 0. The highest BCUT2D eigenvalue weighted by molar-refractivity contribution is 5.01. The summed E-state index contributed by atoms with van der Waals surface area (Å²) in [5.41, 5.74) is 0.259. The molecular formula is C22H38O10. The quantitative estimate of drug-likeness (QED) is 0.243. The SMILES string of the molecule is C=CC(C)(CCC=C(C)C)OC1OC(CO)C(O)C(OC2OC(C)C(O)C(O)C2O)C1O. The van der Waals surface area contributed by atoms with E-state index in [4.69, 9.17) is 18.9 Å². The number of allylic oxidation sites excluding steroid dienone is 2. The molecule has 2 fully saturated rings. The van der Waals surface area contributed by atoms with Crippen LogP contribution in [0.25, 0.3) is 0 Å². The van der Waals surface area contributed by atoms with E-state index in [0.717, 1.165) is 5.57 Å². The molecule has 10 nitrogen and oxygen atoms in total. The highest BCUT2D eigenvalue weighted by Gasteiger charge is 2.51. The molecule has 0 aromatic heterocycles. The summed E-state index contributed by atoms with van der Waals surface area (Å²) >= 11 is 0. The number of hydrogen-bond donors (Lipinski definition) is 6. The van der Waals surface area contributed by atoms with Gasteiger partial charge < -0.3 is 49.6 Å². The summed E-state index contributed by atoms with van der Waals surface area (Å²) in [6.07, 6.45) is -8.77. The first-order valence-electron chi connectivity index (χ1n) is 10.9. The largest absolute Gasteiger partial charge is 0.394 e. The van der Waals surface area contributed by atoms with Gasteiger partial charge in [0.2, 0.25) is 0 Å². The Kier molecular flexibility index (Phi) is 9.80. The van der Waals surface area contributed by atoms with Crippen molar-refractivity contribution in [3.63, 3.8) is 0 Å². The first-order chi connectivity index (χ1) is 14.9. The molecule has 6 N–H and O–H groups in total. The van der Waals surface area contributed by atoms with Crippen LogP contribution in [0.4, 0.5) is 0 Å². The second kappa shape index (κ2) is 11.5. The van der Waals surface area contributed by atoms with Crippen LogP contribution in [0, 0.1) is 0 Å². The lowest BCUT2D eigenvalue weighted by Gasteiger charge is -2.47. The number of hydrogen-bond acceptors (Lipinski definition) is 10. The minimum absolute atomic E-state index is 0.540. The van der Waals surface area contributed by atoms with Crippen molar-refractivity contribution >= 4 is 0 Å². The predicted octanol–water partition coefficient (Wildman–Crippen LogP) is -0.654. The van der Waals surface area contributed by atoms with Crippen LogP contribution in [0.15, 0.2) is 24.3 Å². The summed E-state index contributed by atoms with van der Waals surface area (Å²) in [6.45, 7) is 10.4. The molecule has 0 bridgehead atoms. The molecule has 186 valence electrons. The molecule has 11 atom stereocenters. The Morgan fingerprint density at radius 3 is 2.19 bits per heavy atom. The van der Waals surface area contributed by atoms with E-state index in [1.165, 1.54) is 6.92 Å². The number of aliphatic hydroxyl groups is 6. The van der Waals surface area contributed by atoms with Gasteiger partial charge in [-0.1, -0.05) is 17.7 Å². The zero-order valence-electron chi connectivity index (χ0n) is 19.1. The lowest BCUT2D eigenvalue weighted by molar-refractivity contribution is -0.364. The van der Waals surface area contributed by atoms with Gasteiger partial charge >= 0.3 is 0 Å². The number of aliphatic hydroxyl groups excluding tert-OH is 6.